The molecule has 0 N–H and O–H groups in total. The number of benzene rings is 6. The Morgan fingerprint density at radius 3 is 1.16 bits per heavy atom. The predicted molar refractivity (Wildman–Crippen MR) is 179 cm³/mol. The van der Waals surface area contributed by atoms with E-state index in [0.29, 0.717) is 11.8 Å². The van der Waals surface area contributed by atoms with Crippen LogP contribution in [0, 0.1) is 0 Å². The molecule has 2 aromatic heterocycles. The van der Waals surface area contributed by atoms with Crippen LogP contribution in [0.3, 0.4) is 0 Å². The first-order valence-electron chi connectivity index (χ1n) is 14.6. The van der Waals surface area contributed by atoms with Crippen molar-refractivity contribution < 1.29 is 8.83 Å². The van der Waals surface area contributed by atoms with Gasteiger partial charge in [-0.1, -0.05) is 109 Å². The molecule has 0 saturated carbocycles. The molecule has 44 heavy (non-hydrogen) atoms. The molecule has 0 amide bonds. The largest absolute Gasteiger partial charge is 0.436 e. The molecule has 0 radical (unpaired) electrons. The first-order chi connectivity index (χ1) is 21.7. The minimum Gasteiger partial charge on any atom is -0.436 e. The van der Waals surface area contributed by atoms with Gasteiger partial charge in [-0.15, -0.1) is 0 Å². The van der Waals surface area contributed by atoms with E-state index in [1.54, 1.807) is 0 Å². The number of rotatable bonds is 6. The third kappa shape index (κ3) is 5.10. The van der Waals surface area contributed by atoms with Crippen LogP contribution in [0.4, 0.5) is 0 Å². The third-order valence-electron chi connectivity index (χ3n) is 7.77. The van der Waals surface area contributed by atoms with Crippen molar-refractivity contribution in [2.24, 2.45) is 0 Å². The Morgan fingerprint density at radius 1 is 0.364 bits per heavy atom. The molecule has 2 heterocycles. The Labute approximate surface area is 254 Å². The van der Waals surface area contributed by atoms with Crippen molar-refractivity contribution >= 4 is 34.4 Å². The first-order valence-corrected chi connectivity index (χ1v) is 14.6. The van der Waals surface area contributed by atoms with E-state index < -0.39 is 0 Å². The van der Waals surface area contributed by atoms with Gasteiger partial charge in [0.25, 0.3) is 0 Å². The summed E-state index contributed by atoms with van der Waals surface area (Å²) in [6, 6.07) is 49.4. The smallest absolute Gasteiger partial charge is 0.227 e. The molecule has 0 unspecified atom stereocenters. The Hall–Kier alpha value is -6.00. The summed E-state index contributed by atoms with van der Waals surface area (Å²) in [6.07, 6.45) is 4.20. The Balaban J connectivity index is 0.967. The van der Waals surface area contributed by atoms with Gasteiger partial charge in [-0.2, -0.15) is 0 Å². The minimum absolute atomic E-state index is 0.617. The maximum atomic E-state index is 6.14. The average molecular weight is 567 g/mol. The zero-order valence-electron chi connectivity index (χ0n) is 23.7. The normalized spacial score (nSPS) is 11.5. The van der Waals surface area contributed by atoms with Crippen LogP contribution in [0.2, 0.25) is 0 Å². The highest BCUT2D eigenvalue weighted by molar-refractivity contribution is 5.84. The van der Waals surface area contributed by atoms with E-state index in [4.69, 9.17) is 18.8 Å². The van der Waals surface area contributed by atoms with Crippen molar-refractivity contribution in [1.29, 1.82) is 0 Å². The topological polar surface area (TPSA) is 52.1 Å². The van der Waals surface area contributed by atoms with Crippen LogP contribution in [-0.4, -0.2) is 9.97 Å². The van der Waals surface area contributed by atoms with Crippen molar-refractivity contribution in [3.05, 3.63) is 157 Å². The predicted octanol–water partition coefficient (Wildman–Crippen LogP) is 10.8. The minimum atomic E-state index is 0.617. The number of hydrogen-bond acceptors (Lipinski definition) is 4. The van der Waals surface area contributed by atoms with E-state index in [9.17, 15) is 0 Å². The van der Waals surface area contributed by atoms with E-state index in [2.05, 4.69) is 84.9 Å². The van der Waals surface area contributed by atoms with E-state index in [1.165, 1.54) is 0 Å². The van der Waals surface area contributed by atoms with Crippen LogP contribution in [0.15, 0.2) is 154 Å². The highest BCUT2D eigenvalue weighted by Gasteiger charge is 2.11. The summed E-state index contributed by atoms with van der Waals surface area (Å²) in [5.41, 5.74) is 11.9. The van der Waals surface area contributed by atoms with Gasteiger partial charge in [0, 0.05) is 11.1 Å². The van der Waals surface area contributed by atoms with Crippen LogP contribution in [-0.2, 0) is 0 Å². The maximum Gasteiger partial charge on any atom is 0.227 e. The van der Waals surface area contributed by atoms with E-state index in [-0.39, 0.29) is 0 Å². The Bertz CT molecular complexity index is 2080. The van der Waals surface area contributed by atoms with E-state index in [1.807, 2.05) is 72.8 Å². The molecular formula is C40H26N2O2. The van der Waals surface area contributed by atoms with Crippen LogP contribution in [0.5, 0.6) is 0 Å². The molecule has 0 aliphatic rings. The Morgan fingerprint density at radius 2 is 0.750 bits per heavy atom. The second-order valence-corrected chi connectivity index (χ2v) is 10.7. The van der Waals surface area contributed by atoms with Gasteiger partial charge in [0.2, 0.25) is 11.8 Å². The zero-order chi connectivity index (χ0) is 29.3. The lowest BCUT2D eigenvalue weighted by Gasteiger charge is -2.00. The summed E-state index contributed by atoms with van der Waals surface area (Å²) in [5, 5.41) is 0. The number of fused-ring (bicyclic) bond motifs is 2. The highest BCUT2D eigenvalue weighted by atomic mass is 16.4. The van der Waals surface area contributed by atoms with Gasteiger partial charge in [-0.25, -0.2) is 9.97 Å². The molecule has 4 heteroatoms. The molecule has 0 spiro atoms. The monoisotopic (exact) mass is 566 g/mol. The number of oxazole rings is 2. The van der Waals surface area contributed by atoms with Crippen molar-refractivity contribution in [3.63, 3.8) is 0 Å². The molecular weight excluding hydrogens is 540 g/mol. The SMILES string of the molecule is C(=C\c1ccc(-c2nc3ccc(-c4ccccc4)cc3o2)cc1)/c1ccc(-c2nc3ccc(-c4ccccc4)cc3o2)cc1. The molecule has 0 bridgehead atoms. The van der Waals surface area contributed by atoms with Crippen molar-refractivity contribution in [3.8, 4) is 45.2 Å². The summed E-state index contributed by atoms with van der Waals surface area (Å²) in [5.74, 6) is 1.23. The fourth-order valence-electron chi connectivity index (χ4n) is 5.38. The van der Waals surface area contributed by atoms with Gasteiger partial charge in [0.1, 0.15) is 11.0 Å². The molecule has 208 valence electrons. The summed E-state index contributed by atoms with van der Waals surface area (Å²) in [4.78, 5) is 9.42. The lowest BCUT2D eigenvalue weighted by atomic mass is 10.1. The molecule has 6 aromatic carbocycles. The second-order valence-electron chi connectivity index (χ2n) is 10.7. The number of aromatic nitrogens is 2. The molecule has 0 aliphatic heterocycles. The standard InChI is InChI=1S/C40H26N2O2/c1-3-7-29(8-4-1)33-21-23-35-37(25-33)43-39(41-35)31-17-13-27(14-18-31)11-12-28-15-19-32(20-16-28)40-42-36-24-22-34(26-38(36)44-40)30-9-5-2-6-10-30/h1-26H/b12-11+. The first kappa shape index (κ1) is 25.7. The molecule has 0 saturated heterocycles. The van der Waals surface area contributed by atoms with Gasteiger partial charge in [-0.3, -0.25) is 0 Å². The van der Waals surface area contributed by atoms with Crippen molar-refractivity contribution in [2.75, 3.05) is 0 Å². The van der Waals surface area contributed by atoms with Crippen molar-refractivity contribution in [1.82, 2.24) is 9.97 Å². The summed E-state index contributed by atoms with van der Waals surface area (Å²) < 4.78 is 12.3. The molecule has 8 aromatic rings. The molecule has 0 aliphatic carbocycles. The van der Waals surface area contributed by atoms with Crippen LogP contribution in [0.25, 0.3) is 79.5 Å². The van der Waals surface area contributed by atoms with Crippen molar-refractivity contribution in [2.45, 2.75) is 0 Å². The lowest BCUT2D eigenvalue weighted by Crippen LogP contribution is -1.79. The van der Waals surface area contributed by atoms with Gasteiger partial charge in [-0.05, 0) is 81.9 Å². The Kier molecular flexibility index (Phi) is 6.43. The summed E-state index contributed by atoms with van der Waals surface area (Å²) in [6.45, 7) is 0. The molecule has 4 nitrogen and oxygen atoms in total. The fourth-order valence-corrected chi connectivity index (χ4v) is 5.38. The van der Waals surface area contributed by atoms with Crippen LogP contribution >= 0.6 is 0 Å². The summed E-state index contributed by atoms with van der Waals surface area (Å²) in [7, 11) is 0. The highest BCUT2D eigenvalue weighted by Crippen LogP contribution is 2.30. The number of hydrogen-bond donors (Lipinski definition) is 0. The van der Waals surface area contributed by atoms with Gasteiger partial charge >= 0.3 is 0 Å². The van der Waals surface area contributed by atoms with Gasteiger partial charge in [0.05, 0.1) is 0 Å². The fraction of sp³-hybridized carbons (Fsp3) is 0. The maximum absolute atomic E-state index is 6.14. The third-order valence-corrected chi connectivity index (χ3v) is 7.77. The second kappa shape index (κ2) is 11.0. The molecule has 0 fully saturated rings. The van der Waals surface area contributed by atoms with E-state index >= 15 is 0 Å². The summed E-state index contributed by atoms with van der Waals surface area (Å²) >= 11 is 0. The van der Waals surface area contributed by atoms with Crippen LogP contribution < -0.4 is 0 Å². The quantitative estimate of drug-likeness (QED) is 0.188. The number of nitrogens with zero attached hydrogens (tertiary/aromatic N) is 2. The average Bonchev–Trinajstić information content (AvgIpc) is 3.73. The van der Waals surface area contributed by atoms with E-state index in [0.717, 1.165) is 66.7 Å². The van der Waals surface area contributed by atoms with Crippen LogP contribution in [0.1, 0.15) is 11.1 Å². The van der Waals surface area contributed by atoms with Gasteiger partial charge in [0.15, 0.2) is 11.2 Å². The zero-order valence-corrected chi connectivity index (χ0v) is 23.7. The van der Waals surface area contributed by atoms with Gasteiger partial charge < -0.3 is 8.83 Å². The molecule has 8 rings (SSSR count). The molecule has 0 atom stereocenters. The lowest BCUT2D eigenvalue weighted by molar-refractivity contribution is 0.619.